The van der Waals surface area contributed by atoms with Gasteiger partial charge in [-0.15, -0.1) is 0 Å². The van der Waals surface area contributed by atoms with Crippen molar-refractivity contribution < 1.29 is 17.9 Å². The molecule has 134 valence electrons. The van der Waals surface area contributed by atoms with Crippen LogP contribution in [0.15, 0.2) is 0 Å². The number of nitrogens with one attached hydrogen (secondary N) is 1. The lowest BCUT2D eigenvalue weighted by Crippen LogP contribution is -2.52. The van der Waals surface area contributed by atoms with Crippen LogP contribution < -0.4 is 5.32 Å². The van der Waals surface area contributed by atoms with Crippen molar-refractivity contribution in [2.75, 3.05) is 51.4 Å². The number of ether oxygens (including phenoxy) is 1. The van der Waals surface area contributed by atoms with Gasteiger partial charge in [-0.25, -0.2) is 13.2 Å². The van der Waals surface area contributed by atoms with Crippen LogP contribution in [0.4, 0.5) is 4.79 Å². The van der Waals surface area contributed by atoms with E-state index in [0.717, 1.165) is 39.1 Å². The number of likely N-dealkylation sites (tertiary alicyclic amines) is 1. The SMILES string of the molecule is COCCN1CCC(NC(=O)N2CCS(=O)(=O)CCC2C)CC1. The molecule has 0 aliphatic carbocycles. The lowest BCUT2D eigenvalue weighted by atomic mass is 10.1. The predicted molar refractivity (Wildman–Crippen MR) is 89.3 cm³/mol. The molecule has 0 radical (unpaired) electrons. The van der Waals surface area contributed by atoms with Crippen LogP contribution in [0.1, 0.15) is 26.2 Å². The molecule has 2 rings (SSSR count). The first-order valence-corrected chi connectivity index (χ1v) is 10.2. The highest BCUT2D eigenvalue weighted by molar-refractivity contribution is 7.91. The molecule has 0 aromatic rings. The summed E-state index contributed by atoms with van der Waals surface area (Å²) in [6.45, 7) is 5.79. The summed E-state index contributed by atoms with van der Waals surface area (Å²) < 4.78 is 28.5. The molecule has 2 amide bonds. The van der Waals surface area contributed by atoms with Gasteiger partial charge >= 0.3 is 6.03 Å². The summed E-state index contributed by atoms with van der Waals surface area (Å²) in [7, 11) is -1.30. The number of urea groups is 1. The number of amides is 2. The molecule has 0 spiro atoms. The number of carbonyl (C=O) groups is 1. The van der Waals surface area contributed by atoms with Gasteiger partial charge in [0.05, 0.1) is 18.1 Å². The molecule has 2 fully saturated rings. The Morgan fingerprint density at radius 3 is 2.52 bits per heavy atom. The number of carbonyl (C=O) groups excluding carboxylic acids is 1. The summed E-state index contributed by atoms with van der Waals surface area (Å²) in [6.07, 6.45) is 2.37. The molecule has 8 heteroatoms. The maximum absolute atomic E-state index is 12.5. The summed E-state index contributed by atoms with van der Waals surface area (Å²) in [5, 5.41) is 3.09. The number of methoxy groups -OCH3 is 1. The standard InChI is InChI=1S/C15H29N3O4S/c1-13-5-11-23(20,21)12-9-18(13)15(19)16-14-3-6-17(7-4-14)8-10-22-2/h13-14H,3-12H2,1-2H3,(H,16,19). The van der Waals surface area contributed by atoms with E-state index in [1.165, 1.54) is 0 Å². The highest BCUT2D eigenvalue weighted by atomic mass is 32.2. The van der Waals surface area contributed by atoms with E-state index < -0.39 is 9.84 Å². The minimum Gasteiger partial charge on any atom is -0.383 e. The highest BCUT2D eigenvalue weighted by Gasteiger charge is 2.29. The van der Waals surface area contributed by atoms with Crippen LogP contribution >= 0.6 is 0 Å². The van der Waals surface area contributed by atoms with Crippen molar-refractivity contribution in [1.82, 2.24) is 15.1 Å². The zero-order valence-electron chi connectivity index (χ0n) is 14.2. The molecule has 0 aromatic heterocycles. The van der Waals surface area contributed by atoms with Gasteiger partial charge < -0.3 is 19.9 Å². The number of rotatable bonds is 4. The molecule has 0 bridgehead atoms. The van der Waals surface area contributed by atoms with E-state index in [4.69, 9.17) is 4.74 Å². The minimum absolute atomic E-state index is 0.0333. The summed E-state index contributed by atoms with van der Waals surface area (Å²) in [4.78, 5) is 16.5. The predicted octanol–water partition coefficient (Wildman–Crippen LogP) is 0.316. The van der Waals surface area contributed by atoms with E-state index in [1.54, 1.807) is 12.0 Å². The molecule has 2 aliphatic heterocycles. The summed E-state index contributed by atoms with van der Waals surface area (Å²) >= 11 is 0. The molecule has 7 nitrogen and oxygen atoms in total. The average molecular weight is 347 g/mol. The van der Waals surface area contributed by atoms with Crippen molar-refractivity contribution in [3.8, 4) is 0 Å². The largest absolute Gasteiger partial charge is 0.383 e. The van der Waals surface area contributed by atoms with Gasteiger partial charge in [0.25, 0.3) is 0 Å². The average Bonchev–Trinajstić information content (AvgIpc) is 2.65. The Kier molecular flexibility index (Phi) is 6.67. The first-order valence-electron chi connectivity index (χ1n) is 8.40. The molecule has 2 saturated heterocycles. The van der Waals surface area contributed by atoms with Crippen molar-refractivity contribution in [1.29, 1.82) is 0 Å². The Labute approximate surface area is 139 Å². The third kappa shape index (κ3) is 5.61. The molecule has 0 aromatic carbocycles. The highest BCUT2D eigenvalue weighted by Crippen LogP contribution is 2.15. The zero-order valence-corrected chi connectivity index (χ0v) is 15.0. The molecule has 23 heavy (non-hydrogen) atoms. The molecule has 0 saturated carbocycles. The summed E-state index contributed by atoms with van der Waals surface area (Å²) in [5.74, 6) is 0.246. The first kappa shape index (κ1) is 18.5. The van der Waals surface area contributed by atoms with Crippen molar-refractivity contribution >= 4 is 15.9 Å². The second-order valence-corrected chi connectivity index (χ2v) is 8.84. The van der Waals surface area contributed by atoms with Gasteiger partial charge in [0.1, 0.15) is 0 Å². The Bertz CT molecular complexity index is 489. The van der Waals surface area contributed by atoms with Gasteiger partial charge in [-0.3, -0.25) is 0 Å². The van der Waals surface area contributed by atoms with Crippen molar-refractivity contribution in [3.63, 3.8) is 0 Å². The number of sulfone groups is 1. The topological polar surface area (TPSA) is 79.0 Å². The summed E-state index contributed by atoms with van der Waals surface area (Å²) in [6, 6.07) is 0.0207. The van der Waals surface area contributed by atoms with Crippen LogP contribution in [-0.4, -0.2) is 87.7 Å². The molecule has 1 atom stereocenters. The molecular formula is C15H29N3O4S. The Hall–Kier alpha value is -0.860. The number of hydrogen-bond donors (Lipinski definition) is 1. The second kappa shape index (κ2) is 8.30. The van der Waals surface area contributed by atoms with E-state index in [-0.39, 0.29) is 29.6 Å². The van der Waals surface area contributed by atoms with E-state index in [0.29, 0.717) is 13.0 Å². The molecule has 1 N–H and O–H groups in total. The molecule has 2 heterocycles. The fourth-order valence-electron chi connectivity index (χ4n) is 3.15. The molecular weight excluding hydrogens is 318 g/mol. The van der Waals surface area contributed by atoms with Crippen molar-refractivity contribution in [2.45, 2.75) is 38.3 Å². The normalized spacial score (nSPS) is 26.7. The quantitative estimate of drug-likeness (QED) is 0.792. The van der Waals surface area contributed by atoms with Gasteiger partial charge in [-0.2, -0.15) is 0 Å². The van der Waals surface area contributed by atoms with Gasteiger partial charge in [0.2, 0.25) is 0 Å². The number of hydrogen-bond acceptors (Lipinski definition) is 5. The van der Waals surface area contributed by atoms with E-state index in [1.807, 2.05) is 6.92 Å². The maximum Gasteiger partial charge on any atom is 0.317 e. The summed E-state index contributed by atoms with van der Waals surface area (Å²) in [5.41, 5.74) is 0. The van der Waals surface area contributed by atoms with Gasteiger partial charge in [-0.1, -0.05) is 0 Å². The van der Waals surface area contributed by atoms with Crippen LogP contribution in [-0.2, 0) is 14.6 Å². The van der Waals surface area contributed by atoms with Crippen LogP contribution in [0, 0.1) is 0 Å². The first-order chi connectivity index (χ1) is 10.9. The van der Waals surface area contributed by atoms with Crippen LogP contribution in [0.3, 0.4) is 0 Å². The Morgan fingerprint density at radius 1 is 1.17 bits per heavy atom. The fraction of sp³-hybridized carbons (Fsp3) is 0.933. The maximum atomic E-state index is 12.5. The van der Waals surface area contributed by atoms with E-state index >= 15 is 0 Å². The van der Waals surface area contributed by atoms with Crippen molar-refractivity contribution in [3.05, 3.63) is 0 Å². The smallest absolute Gasteiger partial charge is 0.317 e. The molecule has 2 aliphatic rings. The number of nitrogens with zero attached hydrogens (tertiary/aromatic N) is 2. The van der Waals surface area contributed by atoms with Crippen LogP contribution in [0.25, 0.3) is 0 Å². The minimum atomic E-state index is -3.01. The van der Waals surface area contributed by atoms with Gasteiger partial charge in [0.15, 0.2) is 9.84 Å². The third-order valence-corrected chi connectivity index (χ3v) is 6.47. The van der Waals surface area contributed by atoms with Gasteiger partial charge in [0, 0.05) is 45.4 Å². The second-order valence-electron chi connectivity index (χ2n) is 6.54. The van der Waals surface area contributed by atoms with E-state index in [9.17, 15) is 13.2 Å². The third-order valence-electron chi connectivity index (χ3n) is 4.81. The zero-order chi connectivity index (χ0) is 16.9. The van der Waals surface area contributed by atoms with Crippen LogP contribution in [0.5, 0.6) is 0 Å². The van der Waals surface area contributed by atoms with Crippen molar-refractivity contribution in [2.24, 2.45) is 0 Å². The lowest BCUT2D eigenvalue weighted by molar-refractivity contribution is 0.123. The monoisotopic (exact) mass is 347 g/mol. The fourth-order valence-corrected chi connectivity index (χ4v) is 4.53. The Morgan fingerprint density at radius 2 is 1.87 bits per heavy atom. The number of piperidine rings is 1. The Balaban J connectivity index is 1.80. The van der Waals surface area contributed by atoms with E-state index in [2.05, 4.69) is 10.2 Å². The van der Waals surface area contributed by atoms with Crippen LogP contribution in [0.2, 0.25) is 0 Å². The molecule has 1 unspecified atom stereocenters. The lowest BCUT2D eigenvalue weighted by Gasteiger charge is -2.34. The van der Waals surface area contributed by atoms with Gasteiger partial charge in [-0.05, 0) is 26.2 Å².